The van der Waals surface area contributed by atoms with Crippen LogP contribution < -0.4 is 5.32 Å². The Morgan fingerprint density at radius 2 is 1.85 bits per heavy atom. The fourth-order valence-corrected chi connectivity index (χ4v) is 4.76. The van der Waals surface area contributed by atoms with Gasteiger partial charge in [-0.3, -0.25) is 10.1 Å². The molecule has 0 bridgehead atoms. The number of carbonyl (C=O) groups excluding carboxylic acids is 1. The quantitative estimate of drug-likeness (QED) is 0.331. The SMILES string of the molecule is Cc1noc(C#Cc2nc3oc(C4(C(=O)O)CN(S(C)(=O)=O)C4)nc3o2)c1NC(=O)OC(C)c1ccccc1. The fourth-order valence-electron chi connectivity index (χ4n) is 3.85. The third-order valence-electron chi connectivity index (χ3n) is 6.08. The number of benzene rings is 1. The van der Waals surface area contributed by atoms with Crippen LogP contribution >= 0.6 is 0 Å². The summed E-state index contributed by atoms with van der Waals surface area (Å²) >= 11 is 0. The Labute approximate surface area is 221 Å². The van der Waals surface area contributed by atoms with Gasteiger partial charge in [0, 0.05) is 19.0 Å². The summed E-state index contributed by atoms with van der Waals surface area (Å²) in [6.07, 6.45) is -0.253. The second-order valence-corrected chi connectivity index (χ2v) is 10.9. The highest BCUT2D eigenvalue weighted by atomic mass is 32.2. The molecule has 0 saturated carbocycles. The highest BCUT2D eigenvalue weighted by Crippen LogP contribution is 2.37. The van der Waals surface area contributed by atoms with E-state index in [0.29, 0.717) is 5.69 Å². The minimum Gasteiger partial charge on any atom is -0.480 e. The van der Waals surface area contributed by atoms with Crippen molar-refractivity contribution in [1.29, 1.82) is 0 Å². The molecule has 39 heavy (non-hydrogen) atoms. The average molecular weight is 556 g/mol. The van der Waals surface area contributed by atoms with Crippen LogP contribution in [0.2, 0.25) is 0 Å². The van der Waals surface area contributed by atoms with E-state index in [9.17, 15) is 23.1 Å². The summed E-state index contributed by atoms with van der Waals surface area (Å²) in [5, 5.41) is 16.1. The van der Waals surface area contributed by atoms with Crippen molar-refractivity contribution in [3.05, 3.63) is 59.1 Å². The number of hydrogen-bond donors (Lipinski definition) is 2. The van der Waals surface area contributed by atoms with Crippen molar-refractivity contribution in [2.24, 2.45) is 0 Å². The van der Waals surface area contributed by atoms with Gasteiger partial charge in [0.05, 0.1) is 6.26 Å². The van der Waals surface area contributed by atoms with Crippen molar-refractivity contribution in [2.45, 2.75) is 25.4 Å². The van der Waals surface area contributed by atoms with Crippen LogP contribution in [-0.4, -0.2) is 64.4 Å². The average Bonchev–Trinajstić information content (AvgIpc) is 3.50. The number of carboxylic acid groups (broad SMARTS) is 1. The van der Waals surface area contributed by atoms with Gasteiger partial charge in [-0.05, 0) is 25.3 Å². The van der Waals surface area contributed by atoms with E-state index in [4.69, 9.17) is 18.1 Å². The first-order chi connectivity index (χ1) is 18.5. The Bertz CT molecular complexity index is 1710. The van der Waals surface area contributed by atoms with Crippen LogP contribution in [0.5, 0.6) is 0 Å². The maximum atomic E-state index is 12.4. The lowest BCUT2D eigenvalue weighted by atomic mass is 9.81. The van der Waals surface area contributed by atoms with Gasteiger partial charge in [0.1, 0.15) is 17.5 Å². The van der Waals surface area contributed by atoms with Crippen molar-refractivity contribution in [3.63, 3.8) is 0 Å². The van der Waals surface area contributed by atoms with Gasteiger partial charge < -0.3 is 23.2 Å². The number of amides is 1. The lowest BCUT2D eigenvalue weighted by Crippen LogP contribution is -2.64. The number of aryl methyl sites for hydroxylation is 1. The molecule has 3 aromatic heterocycles. The van der Waals surface area contributed by atoms with E-state index in [1.807, 2.05) is 30.3 Å². The van der Waals surface area contributed by atoms with Gasteiger partial charge in [0.2, 0.25) is 21.7 Å². The summed E-state index contributed by atoms with van der Waals surface area (Å²) in [6.45, 7) is 2.69. The predicted octanol–water partition coefficient (Wildman–Crippen LogP) is 2.42. The zero-order valence-corrected chi connectivity index (χ0v) is 21.6. The molecule has 0 aliphatic carbocycles. The van der Waals surface area contributed by atoms with Gasteiger partial charge in [-0.1, -0.05) is 35.5 Å². The minimum atomic E-state index is -3.57. The van der Waals surface area contributed by atoms with Gasteiger partial charge in [-0.2, -0.15) is 14.3 Å². The number of fused-ring (bicyclic) bond motifs is 1. The van der Waals surface area contributed by atoms with Crippen LogP contribution in [0.15, 0.2) is 43.7 Å². The summed E-state index contributed by atoms with van der Waals surface area (Å²) in [6, 6.07) is 9.20. The second-order valence-electron chi connectivity index (χ2n) is 8.87. The molecule has 1 aromatic carbocycles. The highest BCUT2D eigenvalue weighted by Gasteiger charge is 2.58. The molecule has 1 amide bonds. The first-order valence-electron chi connectivity index (χ1n) is 11.4. The molecule has 202 valence electrons. The molecule has 5 rings (SSSR count). The second kappa shape index (κ2) is 9.57. The Morgan fingerprint density at radius 3 is 2.49 bits per heavy atom. The molecule has 1 aliphatic heterocycles. The van der Waals surface area contributed by atoms with Gasteiger partial charge >= 0.3 is 12.1 Å². The van der Waals surface area contributed by atoms with Crippen LogP contribution in [0.3, 0.4) is 0 Å². The first kappa shape index (κ1) is 25.9. The Morgan fingerprint density at radius 1 is 1.15 bits per heavy atom. The fraction of sp³-hybridized carbons (Fsp3) is 0.292. The van der Waals surface area contributed by atoms with Crippen molar-refractivity contribution in [2.75, 3.05) is 24.7 Å². The molecule has 15 heteroatoms. The number of ether oxygens (including phenoxy) is 1. The van der Waals surface area contributed by atoms with Crippen LogP contribution in [0, 0.1) is 18.8 Å². The Balaban J connectivity index is 1.31. The number of anilines is 1. The number of carboxylic acids is 1. The number of nitrogens with one attached hydrogen (secondary N) is 1. The molecule has 4 heterocycles. The Kier molecular flexibility index (Phi) is 6.36. The van der Waals surface area contributed by atoms with Gasteiger partial charge in [-0.25, -0.2) is 13.2 Å². The van der Waals surface area contributed by atoms with Crippen LogP contribution in [0.1, 0.15) is 41.8 Å². The van der Waals surface area contributed by atoms with Crippen molar-refractivity contribution in [1.82, 2.24) is 19.4 Å². The van der Waals surface area contributed by atoms with Crippen molar-refractivity contribution < 1.29 is 41.2 Å². The summed E-state index contributed by atoms with van der Waals surface area (Å²) in [7, 11) is -3.57. The molecular formula is C24H21N5O9S. The standard InChI is InChI=1S/C24H21N5O9S/c1-13-18(26-23(32)35-14(2)15-7-5-4-6-8-15)16(38-28-13)9-10-17-25-19-20(36-17)27-21(37-19)24(22(30)31)11-29(12-24)39(3,33)34/h4-8,14H,11-12H2,1-3H3,(H,26,32)(H,30,31). The zero-order chi connectivity index (χ0) is 27.9. The van der Waals surface area contributed by atoms with E-state index in [1.165, 1.54) is 0 Å². The third-order valence-corrected chi connectivity index (χ3v) is 7.28. The van der Waals surface area contributed by atoms with Crippen molar-refractivity contribution in [3.8, 4) is 11.8 Å². The topological polar surface area (TPSA) is 191 Å². The zero-order valence-electron chi connectivity index (χ0n) is 20.8. The van der Waals surface area contributed by atoms with Crippen LogP contribution in [0.25, 0.3) is 11.4 Å². The summed E-state index contributed by atoms with van der Waals surface area (Å²) in [4.78, 5) is 32.4. The molecule has 1 atom stereocenters. The monoisotopic (exact) mass is 555 g/mol. The highest BCUT2D eigenvalue weighted by molar-refractivity contribution is 7.88. The number of oxazole rings is 2. The molecular weight excluding hydrogens is 534 g/mol. The number of aliphatic carboxylic acids is 1. The predicted molar refractivity (Wildman–Crippen MR) is 132 cm³/mol. The molecule has 4 aromatic rings. The van der Waals surface area contributed by atoms with E-state index in [2.05, 4.69) is 32.3 Å². The summed E-state index contributed by atoms with van der Waals surface area (Å²) < 4.78 is 45.9. The van der Waals surface area contributed by atoms with E-state index >= 15 is 0 Å². The number of aromatic nitrogens is 3. The van der Waals surface area contributed by atoms with Crippen LogP contribution in [-0.2, 0) is 25.0 Å². The van der Waals surface area contributed by atoms with Gasteiger partial charge in [-0.15, -0.1) is 0 Å². The van der Waals surface area contributed by atoms with E-state index in [0.717, 1.165) is 16.1 Å². The number of hydrogen-bond acceptors (Lipinski definition) is 11. The molecule has 0 radical (unpaired) electrons. The summed E-state index contributed by atoms with van der Waals surface area (Å²) in [5.74, 6) is 3.64. The molecule has 2 N–H and O–H groups in total. The van der Waals surface area contributed by atoms with E-state index < -0.39 is 33.6 Å². The largest absolute Gasteiger partial charge is 0.480 e. The Hall–Kier alpha value is -4.68. The lowest BCUT2D eigenvalue weighted by molar-refractivity contribution is -0.149. The maximum Gasteiger partial charge on any atom is 0.412 e. The number of carbonyl (C=O) groups is 2. The maximum absolute atomic E-state index is 12.4. The van der Waals surface area contributed by atoms with E-state index in [-0.39, 0.29) is 47.7 Å². The lowest BCUT2D eigenvalue weighted by Gasteiger charge is -2.42. The minimum absolute atomic E-state index is 0.0143. The number of sulfonamides is 1. The molecule has 14 nitrogen and oxygen atoms in total. The molecule has 0 spiro atoms. The van der Waals surface area contributed by atoms with E-state index in [1.54, 1.807) is 13.8 Å². The van der Waals surface area contributed by atoms with Gasteiger partial charge in [0.25, 0.3) is 17.3 Å². The smallest absolute Gasteiger partial charge is 0.412 e. The normalized spacial score (nSPS) is 15.7. The number of rotatable bonds is 6. The van der Waals surface area contributed by atoms with Gasteiger partial charge in [0.15, 0.2) is 5.41 Å². The van der Waals surface area contributed by atoms with Crippen LogP contribution in [0.4, 0.5) is 10.5 Å². The van der Waals surface area contributed by atoms with Crippen molar-refractivity contribution >= 4 is 39.2 Å². The molecule has 1 fully saturated rings. The molecule has 1 saturated heterocycles. The molecule has 1 aliphatic rings. The first-order valence-corrected chi connectivity index (χ1v) is 13.3. The third kappa shape index (κ3) is 4.94. The number of nitrogens with zero attached hydrogens (tertiary/aromatic N) is 4. The molecule has 1 unspecified atom stereocenters. The summed E-state index contributed by atoms with van der Waals surface area (Å²) in [5.41, 5.74) is -0.496.